The Morgan fingerprint density at radius 3 is 2.95 bits per heavy atom. The lowest BCUT2D eigenvalue weighted by atomic mass is 10.1. The van der Waals surface area contributed by atoms with Crippen LogP contribution in [0.1, 0.15) is 19.8 Å². The van der Waals surface area contributed by atoms with E-state index >= 15 is 0 Å². The second-order valence-corrected chi connectivity index (χ2v) is 5.19. The Labute approximate surface area is 118 Å². The maximum atomic E-state index is 5.86. The van der Waals surface area contributed by atoms with Crippen LogP contribution in [0.25, 0.3) is 0 Å². The van der Waals surface area contributed by atoms with Gasteiger partial charge in [0.25, 0.3) is 0 Å². The van der Waals surface area contributed by atoms with Crippen LogP contribution in [0.3, 0.4) is 0 Å². The third kappa shape index (κ3) is 4.47. The summed E-state index contributed by atoms with van der Waals surface area (Å²) in [7, 11) is 2.14. The van der Waals surface area contributed by atoms with Gasteiger partial charge in [-0.25, -0.2) is 0 Å². The molecule has 1 aromatic rings. The number of halogens is 1. The molecule has 7 heteroatoms. The second kappa shape index (κ2) is 6.86. The Kier molecular flexibility index (Phi) is 5.15. The molecule has 0 bridgehead atoms. The molecule has 1 N–H and O–H groups in total. The Balaban J connectivity index is 1.90. The zero-order chi connectivity index (χ0) is 13.7. The topological polar surface area (TPSA) is 63.2 Å². The van der Waals surface area contributed by atoms with E-state index in [0.29, 0.717) is 18.5 Å². The van der Waals surface area contributed by atoms with Gasteiger partial charge >= 0.3 is 6.01 Å². The summed E-state index contributed by atoms with van der Waals surface area (Å²) in [5, 5.41) is 3.37. The fourth-order valence-corrected chi connectivity index (χ4v) is 2.25. The molecule has 1 saturated heterocycles. The Bertz CT molecular complexity index is 417. The molecular weight excluding hydrogens is 266 g/mol. The van der Waals surface area contributed by atoms with Crippen molar-refractivity contribution in [2.45, 2.75) is 19.8 Å². The molecule has 1 aliphatic rings. The molecule has 0 saturated carbocycles. The Hall–Kier alpha value is -1.14. The highest BCUT2D eigenvalue weighted by atomic mass is 35.5. The Morgan fingerprint density at radius 2 is 2.26 bits per heavy atom. The van der Waals surface area contributed by atoms with E-state index in [1.54, 1.807) is 0 Å². The van der Waals surface area contributed by atoms with E-state index in [9.17, 15) is 0 Å². The minimum absolute atomic E-state index is 0.159. The number of aromatic nitrogens is 3. The van der Waals surface area contributed by atoms with Crippen LogP contribution in [0.4, 0.5) is 5.95 Å². The molecule has 0 amide bonds. The maximum absolute atomic E-state index is 5.86. The molecule has 1 atom stereocenters. The number of nitrogens with one attached hydrogen (secondary N) is 1. The average molecular weight is 286 g/mol. The van der Waals surface area contributed by atoms with Crippen LogP contribution in [0.2, 0.25) is 5.28 Å². The highest BCUT2D eigenvalue weighted by Gasteiger charge is 2.19. The molecule has 0 aromatic carbocycles. The van der Waals surface area contributed by atoms with Crippen molar-refractivity contribution >= 4 is 17.5 Å². The molecule has 1 aromatic heterocycles. The van der Waals surface area contributed by atoms with Gasteiger partial charge in [-0.05, 0) is 44.0 Å². The number of rotatable bonds is 6. The van der Waals surface area contributed by atoms with Crippen LogP contribution in [-0.2, 0) is 0 Å². The summed E-state index contributed by atoms with van der Waals surface area (Å²) < 4.78 is 5.37. The van der Waals surface area contributed by atoms with Gasteiger partial charge in [0.05, 0.1) is 6.61 Å². The van der Waals surface area contributed by atoms with E-state index in [4.69, 9.17) is 16.3 Å². The summed E-state index contributed by atoms with van der Waals surface area (Å²) in [5.74, 6) is 1.11. The molecule has 0 aliphatic carbocycles. The molecule has 0 spiro atoms. The van der Waals surface area contributed by atoms with Gasteiger partial charge in [-0.2, -0.15) is 15.0 Å². The fraction of sp³-hybridized carbons (Fsp3) is 0.750. The van der Waals surface area contributed by atoms with Crippen LogP contribution >= 0.6 is 11.6 Å². The minimum atomic E-state index is 0.159. The van der Waals surface area contributed by atoms with E-state index in [-0.39, 0.29) is 11.3 Å². The summed E-state index contributed by atoms with van der Waals surface area (Å²) in [4.78, 5) is 14.5. The molecule has 0 radical (unpaired) electrons. The smallest absolute Gasteiger partial charge is 0.322 e. The van der Waals surface area contributed by atoms with Gasteiger partial charge in [-0.1, -0.05) is 6.92 Å². The number of hydrogen-bond acceptors (Lipinski definition) is 6. The van der Waals surface area contributed by atoms with Crippen LogP contribution in [-0.4, -0.2) is 53.1 Å². The van der Waals surface area contributed by atoms with Gasteiger partial charge in [0, 0.05) is 13.1 Å². The molecule has 6 nitrogen and oxygen atoms in total. The first-order chi connectivity index (χ1) is 9.17. The van der Waals surface area contributed by atoms with Crippen LogP contribution in [0, 0.1) is 5.92 Å². The summed E-state index contributed by atoms with van der Waals surface area (Å²) >= 11 is 5.86. The van der Waals surface area contributed by atoms with Crippen LogP contribution in [0.5, 0.6) is 6.01 Å². The lowest BCUT2D eigenvalue weighted by molar-refractivity contribution is 0.291. The first kappa shape index (κ1) is 14.3. The normalized spacial score (nSPS) is 19.6. The van der Waals surface area contributed by atoms with Crippen molar-refractivity contribution in [1.29, 1.82) is 0 Å². The molecular formula is C12H20ClN5O. The molecule has 2 heterocycles. The van der Waals surface area contributed by atoms with E-state index in [1.807, 2.05) is 6.92 Å². The first-order valence-corrected chi connectivity index (χ1v) is 7.02. The van der Waals surface area contributed by atoms with Gasteiger partial charge in [0.2, 0.25) is 11.2 Å². The first-order valence-electron chi connectivity index (χ1n) is 6.64. The van der Waals surface area contributed by atoms with Gasteiger partial charge in [-0.15, -0.1) is 0 Å². The quantitative estimate of drug-likeness (QED) is 0.858. The largest absolute Gasteiger partial charge is 0.463 e. The van der Waals surface area contributed by atoms with Gasteiger partial charge in [0.15, 0.2) is 0 Å². The van der Waals surface area contributed by atoms with Crippen molar-refractivity contribution in [1.82, 2.24) is 19.9 Å². The van der Waals surface area contributed by atoms with E-state index < -0.39 is 0 Å². The molecule has 1 unspecified atom stereocenters. The predicted molar refractivity (Wildman–Crippen MR) is 74.7 cm³/mol. The lowest BCUT2D eigenvalue weighted by Crippen LogP contribution is -2.20. The van der Waals surface area contributed by atoms with Crippen molar-refractivity contribution in [3.63, 3.8) is 0 Å². The lowest BCUT2D eigenvalue weighted by Gasteiger charge is -2.12. The monoisotopic (exact) mass is 285 g/mol. The third-order valence-electron chi connectivity index (χ3n) is 3.06. The van der Waals surface area contributed by atoms with Crippen molar-refractivity contribution in [3.8, 4) is 6.01 Å². The summed E-state index contributed by atoms with van der Waals surface area (Å²) in [5.41, 5.74) is 0. The SMILES string of the molecule is CCCOc1nc(Cl)nc(NCC2CCN(C)C2)n1. The highest BCUT2D eigenvalue weighted by Crippen LogP contribution is 2.16. The molecule has 1 aliphatic heterocycles. The van der Waals surface area contributed by atoms with Crippen LogP contribution < -0.4 is 10.1 Å². The summed E-state index contributed by atoms with van der Waals surface area (Å²) in [6.07, 6.45) is 2.10. The zero-order valence-electron chi connectivity index (χ0n) is 11.4. The molecule has 19 heavy (non-hydrogen) atoms. The number of ether oxygens (including phenoxy) is 1. The number of hydrogen-bond donors (Lipinski definition) is 1. The zero-order valence-corrected chi connectivity index (χ0v) is 12.2. The second-order valence-electron chi connectivity index (χ2n) is 4.86. The minimum Gasteiger partial charge on any atom is -0.463 e. The molecule has 106 valence electrons. The number of anilines is 1. The Morgan fingerprint density at radius 1 is 1.42 bits per heavy atom. The number of likely N-dealkylation sites (tertiary alicyclic amines) is 1. The van der Waals surface area contributed by atoms with Crippen molar-refractivity contribution in [3.05, 3.63) is 5.28 Å². The van der Waals surface area contributed by atoms with E-state index in [0.717, 1.165) is 26.1 Å². The molecule has 1 fully saturated rings. The maximum Gasteiger partial charge on any atom is 0.322 e. The van der Waals surface area contributed by atoms with Crippen LogP contribution in [0.15, 0.2) is 0 Å². The molecule has 2 rings (SSSR count). The number of nitrogens with zero attached hydrogens (tertiary/aromatic N) is 4. The standard InChI is InChI=1S/C12H20ClN5O/c1-3-6-19-12-16-10(13)15-11(17-12)14-7-9-4-5-18(2)8-9/h9H,3-8H2,1-2H3,(H,14,15,16,17). The van der Waals surface area contributed by atoms with E-state index in [1.165, 1.54) is 6.42 Å². The van der Waals surface area contributed by atoms with E-state index in [2.05, 4.69) is 32.2 Å². The average Bonchev–Trinajstić information content (AvgIpc) is 2.79. The third-order valence-corrected chi connectivity index (χ3v) is 3.23. The predicted octanol–water partition coefficient (Wildman–Crippen LogP) is 1.68. The van der Waals surface area contributed by atoms with Crippen molar-refractivity contribution in [2.24, 2.45) is 5.92 Å². The summed E-state index contributed by atoms with van der Waals surface area (Å²) in [6, 6.07) is 0.285. The summed E-state index contributed by atoms with van der Waals surface area (Å²) in [6.45, 7) is 5.70. The van der Waals surface area contributed by atoms with Crippen molar-refractivity contribution in [2.75, 3.05) is 38.6 Å². The highest BCUT2D eigenvalue weighted by molar-refractivity contribution is 6.28. The fourth-order valence-electron chi connectivity index (χ4n) is 2.10. The van der Waals surface area contributed by atoms with Gasteiger partial charge in [0.1, 0.15) is 0 Å². The van der Waals surface area contributed by atoms with Crippen molar-refractivity contribution < 1.29 is 4.74 Å². The van der Waals surface area contributed by atoms with Gasteiger partial charge < -0.3 is 15.0 Å². The van der Waals surface area contributed by atoms with Gasteiger partial charge in [-0.3, -0.25) is 0 Å².